The number of hydrogen-bond acceptors (Lipinski definition) is 5. The molecule has 3 aromatic heterocycles. The van der Waals surface area contributed by atoms with E-state index in [2.05, 4.69) is 35.9 Å². The molecule has 0 saturated heterocycles. The van der Waals surface area contributed by atoms with Crippen molar-refractivity contribution in [1.29, 1.82) is 0 Å². The van der Waals surface area contributed by atoms with Crippen molar-refractivity contribution < 1.29 is 4.42 Å². The Labute approximate surface area is 150 Å². The molecule has 0 bridgehead atoms. The van der Waals surface area contributed by atoms with Crippen LogP contribution in [0.5, 0.6) is 0 Å². The summed E-state index contributed by atoms with van der Waals surface area (Å²) in [5.74, 6) is 1.40. The highest BCUT2D eigenvalue weighted by atomic mass is 32.1. The Morgan fingerprint density at radius 1 is 1.08 bits per heavy atom. The maximum absolute atomic E-state index is 6.42. The number of hydrogen-bond donors (Lipinski definition) is 1. The first-order valence-electron chi connectivity index (χ1n) is 8.19. The summed E-state index contributed by atoms with van der Waals surface area (Å²) in [7, 11) is 0. The van der Waals surface area contributed by atoms with Gasteiger partial charge in [-0.25, -0.2) is 9.97 Å². The van der Waals surface area contributed by atoms with Crippen LogP contribution in [0.4, 0.5) is 5.69 Å². The smallest absolute Gasteiger partial charge is 0.238 e. The Kier molecular flexibility index (Phi) is 3.81. The highest BCUT2D eigenvalue weighted by Gasteiger charge is 2.20. The van der Waals surface area contributed by atoms with Crippen LogP contribution in [0.2, 0.25) is 0 Å². The van der Waals surface area contributed by atoms with E-state index in [0.717, 1.165) is 26.5 Å². The molecule has 4 nitrogen and oxygen atoms in total. The molecule has 0 radical (unpaired) electrons. The number of aromatic nitrogens is 2. The van der Waals surface area contributed by atoms with Gasteiger partial charge in [-0.2, -0.15) is 0 Å². The Balaban J connectivity index is 1.76. The molecule has 1 aromatic carbocycles. The lowest BCUT2D eigenvalue weighted by atomic mass is 10.1. The van der Waals surface area contributed by atoms with Gasteiger partial charge < -0.3 is 10.2 Å². The zero-order chi connectivity index (χ0) is 17.6. The van der Waals surface area contributed by atoms with Gasteiger partial charge in [0.25, 0.3) is 0 Å². The van der Waals surface area contributed by atoms with E-state index in [4.69, 9.17) is 10.2 Å². The molecule has 5 heteroatoms. The minimum Gasteiger partial charge on any atom is -0.440 e. The van der Waals surface area contributed by atoms with Crippen LogP contribution >= 0.6 is 11.3 Å². The number of rotatable bonds is 3. The second kappa shape index (κ2) is 6.01. The Bertz CT molecular complexity index is 1060. The van der Waals surface area contributed by atoms with Gasteiger partial charge in [-0.05, 0) is 37.5 Å². The summed E-state index contributed by atoms with van der Waals surface area (Å²) in [5, 5.41) is 1.02. The van der Waals surface area contributed by atoms with Crippen molar-refractivity contribution in [3.05, 3.63) is 64.7 Å². The van der Waals surface area contributed by atoms with Crippen molar-refractivity contribution in [3.63, 3.8) is 0 Å². The largest absolute Gasteiger partial charge is 0.440 e. The molecule has 0 amide bonds. The van der Waals surface area contributed by atoms with Crippen molar-refractivity contribution in [2.75, 3.05) is 5.73 Å². The second-order valence-corrected chi connectivity index (χ2v) is 7.27. The summed E-state index contributed by atoms with van der Waals surface area (Å²) in [6.45, 7) is 6.20. The molecule has 0 atom stereocenters. The number of benzene rings is 1. The minimum absolute atomic E-state index is 0.570. The topological polar surface area (TPSA) is 64.9 Å². The van der Waals surface area contributed by atoms with Gasteiger partial charge in [-0.1, -0.05) is 30.3 Å². The van der Waals surface area contributed by atoms with E-state index in [1.807, 2.05) is 25.1 Å². The number of nitrogens with zero attached hydrogens (tertiary/aromatic N) is 2. The first-order valence-corrected chi connectivity index (χ1v) is 9.01. The first-order chi connectivity index (χ1) is 12.0. The normalized spacial score (nSPS) is 11.3. The molecule has 0 spiro atoms. The SMILES string of the molecule is Cc1nc2sc(-c3ncc(Cc4ccccc4)o3)c(N)c2c(C)c1C. The Morgan fingerprint density at radius 3 is 2.60 bits per heavy atom. The first kappa shape index (κ1) is 15.8. The monoisotopic (exact) mass is 349 g/mol. The van der Waals surface area contributed by atoms with Gasteiger partial charge in [0, 0.05) is 17.5 Å². The zero-order valence-electron chi connectivity index (χ0n) is 14.5. The van der Waals surface area contributed by atoms with Crippen LogP contribution in [-0.2, 0) is 6.42 Å². The maximum Gasteiger partial charge on any atom is 0.238 e. The van der Waals surface area contributed by atoms with Crippen LogP contribution in [0, 0.1) is 20.8 Å². The van der Waals surface area contributed by atoms with Crippen molar-refractivity contribution in [2.45, 2.75) is 27.2 Å². The summed E-state index contributed by atoms with van der Waals surface area (Å²) >= 11 is 1.54. The Hall–Kier alpha value is -2.66. The lowest BCUT2D eigenvalue weighted by molar-refractivity contribution is 0.531. The van der Waals surface area contributed by atoms with E-state index in [9.17, 15) is 0 Å². The predicted molar refractivity (Wildman–Crippen MR) is 103 cm³/mol. The van der Waals surface area contributed by atoms with Gasteiger partial charge in [0.05, 0.1) is 11.9 Å². The fourth-order valence-corrected chi connectivity index (χ4v) is 4.15. The van der Waals surface area contributed by atoms with Crippen molar-refractivity contribution >= 4 is 27.2 Å². The minimum atomic E-state index is 0.570. The molecule has 126 valence electrons. The van der Waals surface area contributed by atoms with E-state index in [1.54, 1.807) is 17.5 Å². The van der Waals surface area contributed by atoms with Crippen molar-refractivity contribution in [2.24, 2.45) is 0 Å². The van der Waals surface area contributed by atoms with E-state index in [-0.39, 0.29) is 0 Å². The van der Waals surface area contributed by atoms with Gasteiger partial charge in [0.15, 0.2) is 0 Å². The molecule has 4 rings (SSSR count). The predicted octanol–water partition coefficient (Wildman–Crippen LogP) is 5.05. The molecule has 25 heavy (non-hydrogen) atoms. The highest BCUT2D eigenvalue weighted by molar-refractivity contribution is 7.22. The molecule has 4 aromatic rings. The van der Waals surface area contributed by atoms with Gasteiger partial charge in [0.2, 0.25) is 5.89 Å². The zero-order valence-corrected chi connectivity index (χ0v) is 15.3. The van der Waals surface area contributed by atoms with Crippen LogP contribution in [0.1, 0.15) is 28.1 Å². The second-order valence-electron chi connectivity index (χ2n) is 6.27. The number of aryl methyl sites for hydroxylation is 2. The van der Waals surface area contributed by atoms with Crippen molar-refractivity contribution in [1.82, 2.24) is 9.97 Å². The van der Waals surface area contributed by atoms with Crippen LogP contribution in [0.25, 0.3) is 21.0 Å². The average Bonchev–Trinajstić information content (AvgIpc) is 3.18. The number of pyridine rings is 1. The molecule has 0 fully saturated rings. The van der Waals surface area contributed by atoms with E-state index < -0.39 is 0 Å². The summed E-state index contributed by atoms with van der Waals surface area (Å²) in [6, 6.07) is 10.2. The summed E-state index contributed by atoms with van der Waals surface area (Å²) in [4.78, 5) is 10.9. The fourth-order valence-electron chi connectivity index (χ4n) is 3.02. The summed E-state index contributed by atoms with van der Waals surface area (Å²) < 4.78 is 5.98. The molecular weight excluding hydrogens is 330 g/mol. The van der Waals surface area contributed by atoms with Gasteiger partial charge >= 0.3 is 0 Å². The van der Waals surface area contributed by atoms with Crippen LogP contribution < -0.4 is 5.73 Å². The molecule has 0 aliphatic carbocycles. The standard InChI is InChI=1S/C20H19N3OS/c1-11-12(2)16-17(21)18(25-20(16)23-13(11)3)19-22-10-15(24-19)9-14-7-5-4-6-8-14/h4-8,10H,9,21H2,1-3H3. The number of nitrogens with two attached hydrogens (primary N) is 1. The third-order valence-electron chi connectivity index (χ3n) is 4.65. The van der Waals surface area contributed by atoms with Crippen LogP contribution in [0.3, 0.4) is 0 Å². The number of oxazole rings is 1. The van der Waals surface area contributed by atoms with Crippen molar-refractivity contribution in [3.8, 4) is 10.8 Å². The van der Waals surface area contributed by atoms with E-state index in [1.165, 1.54) is 16.7 Å². The lowest BCUT2D eigenvalue weighted by Crippen LogP contribution is -1.93. The average molecular weight is 349 g/mol. The van der Waals surface area contributed by atoms with Gasteiger partial charge in [-0.3, -0.25) is 0 Å². The number of fused-ring (bicyclic) bond motifs is 1. The molecule has 2 N–H and O–H groups in total. The summed E-state index contributed by atoms with van der Waals surface area (Å²) in [5.41, 5.74) is 11.7. The third-order valence-corrected chi connectivity index (χ3v) is 5.73. The molecule has 0 aliphatic heterocycles. The van der Waals surface area contributed by atoms with Crippen LogP contribution in [0.15, 0.2) is 40.9 Å². The van der Waals surface area contributed by atoms with E-state index >= 15 is 0 Å². The number of anilines is 1. The van der Waals surface area contributed by atoms with E-state index in [0.29, 0.717) is 18.0 Å². The maximum atomic E-state index is 6.42. The third kappa shape index (κ3) is 2.70. The quantitative estimate of drug-likeness (QED) is 0.562. The molecule has 0 unspecified atom stereocenters. The fraction of sp³-hybridized carbons (Fsp3) is 0.200. The Morgan fingerprint density at radius 2 is 1.84 bits per heavy atom. The lowest BCUT2D eigenvalue weighted by Gasteiger charge is -2.05. The molecule has 0 saturated carbocycles. The molecular formula is C20H19N3OS. The molecule has 3 heterocycles. The van der Waals surface area contributed by atoms with Gasteiger partial charge in [0.1, 0.15) is 15.5 Å². The number of thiophene rings is 1. The molecule has 0 aliphatic rings. The number of nitrogen functional groups attached to an aromatic ring is 1. The van der Waals surface area contributed by atoms with Crippen LogP contribution in [-0.4, -0.2) is 9.97 Å². The highest BCUT2D eigenvalue weighted by Crippen LogP contribution is 2.42. The van der Waals surface area contributed by atoms with Gasteiger partial charge in [-0.15, -0.1) is 11.3 Å². The summed E-state index contributed by atoms with van der Waals surface area (Å²) in [6.07, 6.45) is 2.50.